The van der Waals surface area contributed by atoms with Gasteiger partial charge in [0.1, 0.15) is 0 Å². The van der Waals surface area contributed by atoms with Crippen LogP contribution in [0, 0.1) is 5.41 Å². The van der Waals surface area contributed by atoms with Crippen LogP contribution >= 0.6 is 0 Å². The third kappa shape index (κ3) is 3.62. The summed E-state index contributed by atoms with van der Waals surface area (Å²) in [5.74, 6) is 0.259. The van der Waals surface area contributed by atoms with Crippen molar-refractivity contribution < 1.29 is 4.79 Å². The average Bonchev–Trinajstić information content (AvgIpc) is 3.02. The number of carbonyl (C=O) groups is 1. The number of nitrogens with one attached hydrogen (secondary N) is 1. The van der Waals surface area contributed by atoms with E-state index in [0.29, 0.717) is 6.04 Å². The van der Waals surface area contributed by atoms with Crippen LogP contribution in [-0.2, 0) is 4.79 Å². The van der Waals surface area contributed by atoms with Gasteiger partial charge >= 0.3 is 5.69 Å². The van der Waals surface area contributed by atoms with E-state index in [-0.39, 0.29) is 23.1 Å². The number of piperazine rings is 1. The van der Waals surface area contributed by atoms with Crippen LogP contribution in [0.4, 0.5) is 0 Å². The Morgan fingerprint density at radius 2 is 1.57 bits per heavy atom. The Morgan fingerprint density at radius 1 is 0.964 bits per heavy atom. The molecule has 1 N–H and O–H groups in total. The number of nitrogens with zero attached hydrogens (tertiary/aromatic N) is 3. The van der Waals surface area contributed by atoms with Crippen molar-refractivity contribution in [1.82, 2.24) is 19.4 Å². The van der Waals surface area contributed by atoms with E-state index in [1.807, 2.05) is 54.5 Å². The standard InChI is InChI=1S/C22H32N4O2/c1-22(2,3)20(27)25-14-12-24(13-15-25)16-8-10-17(11-9-16)26-19-7-5-4-6-18(19)23-21(26)28/h4-7,16-17H,8-15H2,1-3H3,(H,23,28)/t16-,17+. The van der Waals surface area contributed by atoms with Gasteiger partial charge in [-0.05, 0) is 37.8 Å². The minimum Gasteiger partial charge on any atom is -0.340 e. The van der Waals surface area contributed by atoms with Crippen molar-refractivity contribution >= 4 is 16.9 Å². The first-order valence-corrected chi connectivity index (χ1v) is 10.6. The summed E-state index contributed by atoms with van der Waals surface area (Å²) in [5.41, 5.74) is 1.66. The van der Waals surface area contributed by atoms with Crippen molar-refractivity contribution in [2.45, 2.75) is 58.5 Å². The Labute approximate surface area is 166 Å². The van der Waals surface area contributed by atoms with E-state index in [4.69, 9.17) is 0 Å². The van der Waals surface area contributed by atoms with E-state index in [9.17, 15) is 9.59 Å². The number of aromatic nitrogens is 2. The predicted octanol–water partition coefficient (Wildman–Crippen LogP) is 3.00. The number of hydrogen-bond donors (Lipinski definition) is 1. The molecule has 0 spiro atoms. The molecule has 4 rings (SSSR count). The Bertz CT molecular complexity index is 891. The van der Waals surface area contributed by atoms with Crippen LogP contribution in [-0.4, -0.2) is 57.5 Å². The molecule has 2 aromatic rings. The number of amides is 1. The Kier molecular flexibility index (Phi) is 5.08. The van der Waals surface area contributed by atoms with E-state index < -0.39 is 0 Å². The smallest absolute Gasteiger partial charge is 0.326 e. The van der Waals surface area contributed by atoms with Crippen LogP contribution < -0.4 is 5.69 Å². The van der Waals surface area contributed by atoms with E-state index in [0.717, 1.165) is 62.9 Å². The maximum absolute atomic E-state index is 12.5. The molecule has 6 nitrogen and oxygen atoms in total. The first-order valence-electron chi connectivity index (χ1n) is 10.6. The number of hydrogen-bond acceptors (Lipinski definition) is 3. The normalized spacial score (nSPS) is 24.6. The van der Waals surface area contributed by atoms with Gasteiger partial charge in [0.15, 0.2) is 0 Å². The van der Waals surface area contributed by atoms with Crippen molar-refractivity contribution in [3.05, 3.63) is 34.7 Å². The van der Waals surface area contributed by atoms with Gasteiger partial charge in [0.05, 0.1) is 11.0 Å². The molecular formula is C22H32N4O2. The number of H-pyrrole nitrogens is 1. The number of benzene rings is 1. The molecule has 28 heavy (non-hydrogen) atoms. The van der Waals surface area contributed by atoms with Gasteiger partial charge in [-0.15, -0.1) is 0 Å². The number of aromatic amines is 1. The molecule has 1 aliphatic carbocycles. The highest BCUT2D eigenvalue weighted by Gasteiger charge is 2.33. The molecule has 0 radical (unpaired) electrons. The lowest BCUT2D eigenvalue weighted by Gasteiger charge is -2.43. The number of rotatable bonds is 2. The molecule has 0 bridgehead atoms. The second kappa shape index (κ2) is 7.39. The zero-order valence-electron chi connectivity index (χ0n) is 17.3. The van der Waals surface area contributed by atoms with Crippen LogP contribution in [0.3, 0.4) is 0 Å². The monoisotopic (exact) mass is 384 g/mol. The highest BCUT2D eigenvalue weighted by molar-refractivity contribution is 5.81. The maximum atomic E-state index is 12.5. The summed E-state index contributed by atoms with van der Waals surface area (Å²) in [4.78, 5) is 32.5. The van der Waals surface area contributed by atoms with Gasteiger partial charge in [-0.3, -0.25) is 14.3 Å². The fourth-order valence-corrected chi connectivity index (χ4v) is 4.88. The molecule has 1 saturated heterocycles. The molecular weight excluding hydrogens is 352 g/mol. The molecule has 1 aliphatic heterocycles. The first kappa shape index (κ1) is 19.2. The number of carbonyl (C=O) groups excluding carboxylic acids is 1. The summed E-state index contributed by atoms with van der Waals surface area (Å²) >= 11 is 0. The van der Waals surface area contributed by atoms with Gasteiger partial charge in [0.25, 0.3) is 0 Å². The lowest BCUT2D eigenvalue weighted by molar-refractivity contribution is -0.141. The Hall–Kier alpha value is -2.08. The fraction of sp³-hybridized carbons (Fsp3) is 0.636. The van der Waals surface area contributed by atoms with Gasteiger partial charge in [0.2, 0.25) is 5.91 Å². The summed E-state index contributed by atoms with van der Waals surface area (Å²) in [6.07, 6.45) is 4.30. The summed E-state index contributed by atoms with van der Waals surface area (Å²) in [6, 6.07) is 8.81. The van der Waals surface area contributed by atoms with Gasteiger partial charge in [-0.1, -0.05) is 32.9 Å². The van der Waals surface area contributed by atoms with Gasteiger partial charge in [-0.2, -0.15) is 0 Å². The average molecular weight is 385 g/mol. The summed E-state index contributed by atoms with van der Waals surface area (Å²) < 4.78 is 1.96. The first-order chi connectivity index (χ1) is 13.3. The molecule has 0 unspecified atom stereocenters. The maximum Gasteiger partial charge on any atom is 0.326 e. The highest BCUT2D eigenvalue weighted by Crippen LogP contribution is 2.32. The predicted molar refractivity (Wildman–Crippen MR) is 111 cm³/mol. The highest BCUT2D eigenvalue weighted by atomic mass is 16.2. The zero-order chi connectivity index (χ0) is 19.9. The van der Waals surface area contributed by atoms with Gasteiger partial charge < -0.3 is 9.88 Å². The van der Waals surface area contributed by atoms with Crippen LogP contribution in [0.5, 0.6) is 0 Å². The molecule has 152 valence electrons. The second-order valence-electron chi connectivity index (χ2n) is 9.36. The van der Waals surface area contributed by atoms with Crippen molar-refractivity contribution in [3.8, 4) is 0 Å². The minimum absolute atomic E-state index is 0.0129. The van der Waals surface area contributed by atoms with E-state index in [1.165, 1.54) is 0 Å². The molecule has 0 atom stereocenters. The Morgan fingerprint density at radius 3 is 2.21 bits per heavy atom. The minimum atomic E-state index is -0.299. The van der Waals surface area contributed by atoms with Crippen molar-refractivity contribution in [2.24, 2.45) is 5.41 Å². The van der Waals surface area contributed by atoms with Crippen LogP contribution in [0.2, 0.25) is 0 Å². The molecule has 2 aliphatic rings. The lowest BCUT2D eigenvalue weighted by atomic mass is 9.89. The third-order valence-electron chi connectivity index (χ3n) is 6.41. The number of fused-ring (bicyclic) bond motifs is 1. The van der Waals surface area contributed by atoms with Gasteiger partial charge in [0, 0.05) is 43.7 Å². The van der Waals surface area contributed by atoms with E-state index in [2.05, 4.69) is 9.88 Å². The SMILES string of the molecule is CC(C)(C)C(=O)N1CCN([C@H]2CC[C@@H](n3c(=O)[nH]c4ccccc43)CC2)CC1. The molecule has 6 heteroatoms. The summed E-state index contributed by atoms with van der Waals surface area (Å²) in [7, 11) is 0. The molecule has 1 saturated carbocycles. The van der Waals surface area contributed by atoms with Crippen LogP contribution in [0.15, 0.2) is 29.1 Å². The van der Waals surface area contributed by atoms with E-state index in [1.54, 1.807) is 0 Å². The summed E-state index contributed by atoms with van der Waals surface area (Å²) in [5, 5.41) is 0. The largest absolute Gasteiger partial charge is 0.340 e. The van der Waals surface area contributed by atoms with Crippen molar-refractivity contribution in [1.29, 1.82) is 0 Å². The van der Waals surface area contributed by atoms with Crippen LogP contribution in [0.25, 0.3) is 11.0 Å². The molecule has 1 aromatic carbocycles. The molecule has 1 aromatic heterocycles. The second-order valence-corrected chi connectivity index (χ2v) is 9.36. The van der Waals surface area contributed by atoms with Crippen molar-refractivity contribution in [3.63, 3.8) is 0 Å². The van der Waals surface area contributed by atoms with Gasteiger partial charge in [-0.25, -0.2) is 4.79 Å². The lowest BCUT2D eigenvalue weighted by Crippen LogP contribution is -2.54. The molecule has 2 heterocycles. The molecule has 2 fully saturated rings. The quantitative estimate of drug-likeness (QED) is 0.866. The van der Waals surface area contributed by atoms with Crippen LogP contribution in [0.1, 0.15) is 52.5 Å². The molecule has 1 amide bonds. The third-order valence-corrected chi connectivity index (χ3v) is 6.41. The zero-order valence-corrected chi connectivity index (χ0v) is 17.3. The van der Waals surface area contributed by atoms with E-state index >= 15 is 0 Å². The fourth-order valence-electron chi connectivity index (χ4n) is 4.88. The summed E-state index contributed by atoms with van der Waals surface area (Å²) in [6.45, 7) is 9.57. The number of imidazole rings is 1. The Balaban J connectivity index is 1.36. The number of para-hydroxylation sites is 2. The topological polar surface area (TPSA) is 61.3 Å². The van der Waals surface area contributed by atoms with Crippen molar-refractivity contribution in [2.75, 3.05) is 26.2 Å².